The lowest BCUT2D eigenvalue weighted by molar-refractivity contribution is -0.114. The zero-order valence-corrected chi connectivity index (χ0v) is 20.3. The molecule has 0 aliphatic heterocycles. The number of hydrogen-bond donors (Lipinski definition) is 1. The second-order valence-electron chi connectivity index (χ2n) is 7.55. The second-order valence-corrected chi connectivity index (χ2v) is 9.42. The Hall–Kier alpha value is -3.65. The number of nitrogens with one attached hydrogen (secondary N) is 1. The van der Waals surface area contributed by atoms with Gasteiger partial charge >= 0.3 is 5.97 Å². The Kier molecular flexibility index (Phi) is 8.07. The van der Waals surface area contributed by atoms with Gasteiger partial charge in [-0.05, 0) is 61.7 Å². The molecule has 0 bridgehead atoms. The number of carbonyl (C=O) groups excluding carboxylic acids is 2. The van der Waals surface area contributed by atoms with Gasteiger partial charge in [0, 0.05) is 5.69 Å². The van der Waals surface area contributed by atoms with Gasteiger partial charge in [-0.3, -0.25) is 9.10 Å². The third-order valence-corrected chi connectivity index (χ3v) is 7.14. The first-order chi connectivity index (χ1) is 16.3. The van der Waals surface area contributed by atoms with Gasteiger partial charge in [-0.25, -0.2) is 13.2 Å². The molecule has 0 aliphatic rings. The number of carbonyl (C=O) groups is 2. The zero-order valence-electron chi connectivity index (χ0n) is 19.4. The molecule has 0 saturated carbocycles. The van der Waals surface area contributed by atoms with Gasteiger partial charge in [0.05, 0.1) is 22.8 Å². The smallest absolute Gasteiger partial charge is 0.338 e. The van der Waals surface area contributed by atoms with E-state index in [9.17, 15) is 18.0 Å². The molecular formula is C26H28N2O5S. The molecule has 1 amide bonds. The first kappa shape index (κ1) is 25.0. The molecule has 3 aromatic carbocycles. The Morgan fingerprint density at radius 2 is 1.59 bits per heavy atom. The summed E-state index contributed by atoms with van der Waals surface area (Å²) in [6.07, 6.45) is 0.597. The van der Waals surface area contributed by atoms with Crippen LogP contribution in [0.4, 0.5) is 11.4 Å². The van der Waals surface area contributed by atoms with Crippen molar-refractivity contribution >= 4 is 33.3 Å². The molecule has 0 radical (unpaired) electrons. The largest absolute Gasteiger partial charge is 0.462 e. The van der Waals surface area contributed by atoms with Crippen LogP contribution in [0.3, 0.4) is 0 Å². The van der Waals surface area contributed by atoms with Crippen LogP contribution in [0.25, 0.3) is 0 Å². The molecule has 8 heteroatoms. The average Bonchev–Trinajstić information content (AvgIpc) is 2.84. The summed E-state index contributed by atoms with van der Waals surface area (Å²) in [5.41, 5.74) is 2.54. The van der Waals surface area contributed by atoms with Crippen molar-refractivity contribution in [3.8, 4) is 0 Å². The Morgan fingerprint density at radius 3 is 2.26 bits per heavy atom. The molecule has 34 heavy (non-hydrogen) atoms. The van der Waals surface area contributed by atoms with E-state index in [2.05, 4.69) is 5.32 Å². The van der Waals surface area contributed by atoms with E-state index in [1.54, 1.807) is 62.4 Å². The van der Waals surface area contributed by atoms with Crippen LogP contribution in [0, 0.1) is 6.92 Å². The summed E-state index contributed by atoms with van der Waals surface area (Å²) in [4.78, 5) is 25.4. The monoisotopic (exact) mass is 480 g/mol. The number of benzene rings is 3. The van der Waals surface area contributed by atoms with Crippen LogP contribution in [0.15, 0.2) is 77.7 Å². The fourth-order valence-corrected chi connectivity index (χ4v) is 5.07. The molecule has 3 aromatic rings. The molecule has 7 nitrogen and oxygen atoms in total. The lowest BCUT2D eigenvalue weighted by Gasteiger charge is -2.26. The lowest BCUT2D eigenvalue weighted by Crippen LogP contribution is -2.38. The van der Waals surface area contributed by atoms with Crippen molar-refractivity contribution in [1.82, 2.24) is 0 Å². The summed E-state index contributed by atoms with van der Waals surface area (Å²) < 4.78 is 33.3. The first-order valence-corrected chi connectivity index (χ1v) is 12.5. The van der Waals surface area contributed by atoms with E-state index in [0.29, 0.717) is 28.9 Å². The van der Waals surface area contributed by atoms with Gasteiger partial charge in [-0.15, -0.1) is 0 Å². The molecule has 178 valence electrons. The third kappa shape index (κ3) is 5.46. The summed E-state index contributed by atoms with van der Waals surface area (Å²) in [7, 11) is -4.01. The van der Waals surface area contributed by atoms with Crippen LogP contribution in [0.1, 0.15) is 35.3 Å². The van der Waals surface area contributed by atoms with Crippen LogP contribution in [0.5, 0.6) is 0 Å². The number of esters is 1. The van der Waals surface area contributed by atoms with Crippen LogP contribution >= 0.6 is 0 Å². The van der Waals surface area contributed by atoms with Crippen molar-refractivity contribution < 1.29 is 22.7 Å². The minimum Gasteiger partial charge on any atom is -0.462 e. The van der Waals surface area contributed by atoms with E-state index in [4.69, 9.17) is 4.74 Å². The first-order valence-electron chi connectivity index (χ1n) is 11.0. The van der Waals surface area contributed by atoms with E-state index >= 15 is 0 Å². The topological polar surface area (TPSA) is 92.8 Å². The number of sulfonamides is 1. The molecule has 0 heterocycles. The Balaban J connectivity index is 1.96. The van der Waals surface area contributed by atoms with Crippen molar-refractivity contribution in [3.05, 3.63) is 89.5 Å². The quantitative estimate of drug-likeness (QED) is 0.453. The Labute approximate surface area is 200 Å². The maximum absolute atomic E-state index is 13.6. The van der Waals surface area contributed by atoms with Gasteiger partial charge < -0.3 is 10.1 Å². The van der Waals surface area contributed by atoms with Crippen molar-refractivity contribution in [1.29, 1.82) is 0 Å². The molecule has 0 saturated heterocycles. The minimum atomic E-state index is -4.01. The molecule has 3 rings (SSSR count). The van der Waals surface area contributed by atoms with Crippen molar-refractivity contribution in [2.45, 2.75) is 32.1 Å². The summed E-state index contributed by atoms with van der Waals surface area (Å²) in [6.45, 7) is 5.15. The van der Waals surface area contributed by atoms with Crippen LogP contribution < -0.4 is 9.62 Å². The summed E-state index contributed by atoms with van der Waals surface area (Å²) >= 11 is 0. The molecule has 0 aromatic heterocycles. The molecule has 0 aliphatic carbocycles. The van der Waals surface area contributed by atoms with Crippen molar-refractivity contribution in [2.75, 3.05) is 22.8 Å². The maximum Gasteiger partial charge on any atom is 0.338 e. The van der Waals surface area contributed by atoms with E-state index in [-0.39, 0.29) is 11.5 Å². The third-order valence-electron chi connectivity index (χ3n) is 5.36. The predicted octanol–water partition coefficient (Wildman–Crippen LogP) is 4.57. The van der Waals surface area contributed by atoms with E-state index in [0.717, 1.165) is 9.87 Å². The van der Waals surface area contributed by atoms with E-state index < -0.39 is 28.4 Å². The summed E-state index contributed by atoms with van der Waals surface area (Å²) in [5, 5.41) is 2.76. The van der Waals surface area contributed by atoms with Crippen LogP contribution in [-0.2, 0) is 26.0 Å². The number of ether oxygens (including phenoxy) is 1. The molecule has 0 unspecified atom stereocenters. The highest BCUT2D eigenvalue weighted by molar-refractivity contribution is 7.92. The average molecular weight is 481 g/mol. The van der Waals surface area contributed by atoms with Crippen LogP contribution in [0.2, 0.25) is 0 Å². The highest BCUT2D eigenvalue weighted by atomic mass is 32.2. The predicted molar refractivity (Wildman–Crippen MR) is 133 cm³/mol. The lowest BCUT2D eigenvalue weighted by atomic mass is 10.1. The zero-order chi connectivity index (χ0) is 24.7. The molecular weight excluding hydrogens is 452 g/mol. The SMILES string of the molecule is CCOC(=O)c1cccc(NC(=O)CN(c2ccccc2CC)S(=O)(=O)c2ccccc2)c1C. The van der Waals surface area contributed by atoms with Gasteiger partial charge in [0.15, 0.2) is 0 Å². The number of nitrogens with zero attached hydrogens (tertiary/aromatic N) is 1. The van der Waals surface area contributed by atoms with E-state index in [1.807, 2.05) is 19.1 Å². The van der Waals surface area contributed by atoms with Gasteiger partial charge in [-0.1, -0.05) is 49.4 Å². The van der Waals surface area contributed by atoms with Gasteiger partial charge in [0.25, 0.3) is 10.0 Å². The summed E-state index contributed by atoms with van der Waals surface area (Å²) in [5.74, 6) is -1.02. The minimum absolute atomic E-state index is 0.0918. The van der Waals surface area contributed by atoms with Gasteiger partial charge in [-0.2, -0.15) is 0 Å². The van der Waals surface area contributed by atoms with Gasteiger partial charge in [0.2, 0.25) is 5.91 Å². The number of rotatable bonds is 9. The number of para-hydroxylation sites is 1. The van der Waals surface area contributed by atoms with Crippen molar-refractivity contribution in [3.63, 3.8) is 0 Å². The molecule has 1 N–H and O–H groups in total. The molecule has 0 fully saturated rings. The fraction of sp³-hybridized carbons (Fsp3) is 0.231. The van der Waals surface area contributed by atoms with Gasteiger partial charge in [0.1, 0.15) is 6.54 Å². The van der Waals surface area contributed by atoms with E-state index in [1.165, 1.54) is 12.1 Å². The number of hydrogen-bond acceptors (Lipinski definition) is 5. The Bertz CT molecular complexity index is 1270. The fourth-order valence-electron chi connectivity index (χ4n) is 3.59. The van der Waals surface area contributed by atoms with Crippen LogP contribution in [-0.4, -0.2) is 33.4 Å². The standard InChI is InChI=1S/C26H28N2O5S/c1-4-20-12-9-10-17-24(20)28(34(31,32)21-13-7-6-8-14-21)18-25(29)27-23-16-11-15-22(19(23)3)26(30)33-5-2/h6-17H,4-5,18H2,1-3H3,(H,27,29). The normalized spacial score (nSPS) is 11.0. The summed E-state index contributed by atoms with van der Waals surface area (Å²) in [6, 6.07) is 20.0. The Morgan fingerprint density at radius 1 is 0.912 bits per heavy atom. The maximum atomic E-state index is 13.6. The highest BCUT2D eigenvalue weighted by Gasteiger charge is 2.28. The van der Waals surface area contributed by atoms with Crippen molar-refractivity contribution in [2.24, 2.45) is 0 Å². The number of amides is 1. The second kappa shape index (κ2) is 11.0. The molecule has 0 spiro atoms. The number of anilines is 2. The molecule has 0 atom stereocenters. The highest BCUT2D eigenvalue weighted by Crippen LogP contribution is 2.28. The number of aryl methyl sites for hydroxylation is 1.